The molecule has 1 aromatic rings. The highest BCUT2D eigenvalue weighted by Gasteiger charge is 2.51. The van der Waals surface area contributed by atoms with Crippen LogP contribution in [-0.2, 0) is 16.7 Å². The summed E-state index contributed by atoms with van der Waals surface area (Å²) < 4.78 is 30.1. The SMILES string of the molecule is CCn1ncc(C(=O)C2CC(C)C3SCCC(C)(C)C3C2C)c1OS(C)(=O)=O. The van der Waals surface area contributed by atoms with Crippen LogP contribution >= 0.6 is 11.8 Å². The van der Waals surface area contributed by atoms with Crippen molar-refractivity contribution in [1.29, 1.82) is 0 Å². The number of thioether (sulfide) groups is 1. The molecule has 1 saturated heterocycles. The van der Waals surface area contributed by atoms with Crippen LogP contribution in [0.2, 0.25) is 0 Å². The van der Waals surface area contributed by atoms with E-state index in [1.54, 1.807) is 0 Å². The third-order valence-corrected chi connectivity index (χ3v) is 8.67. The number of carbonyl (C=O) groups is 1. The van der Waals surface area contributed by atoms with Gasteiger partial charge in [-0.25, -0.2) is 4.68 Å². The van der Waals surface area contributed by atoms with Gasteiger partial charge in [-0.15, -0.1) is 0 Å². The highest BCUT2D eigenvalue weighted by atomic mass is 32.2. The average Bonchev–Trinajstić information content (AvgIpc) is 2.97. The minimum Gasteiger partial charge on any atom is -0.361 e. The van der Waals surface area contributed by atoms with Gasteiger partial charge < -0.3 is 4.18 Å². The number of nitrogens with zero attached hydrogens (tertiary/aromatic N) is 2. The van der Waals surface area contributed by atoms with Gasteiger partial charge in [-0.3, -0.25) is 4.79 Å². The lowest BCUT2D eigenvalue weighted by molar-refractivity contribution is 0.0318. The second-order valence-corrected chi connectivity index (χ2v) is 12.0. The van der Waals surface area contributed by atoms with E-state index in [2.05, 4.69) is 44.6 Å². The fourth-order valence-electron chi connectivity index (χ4n) is 5.25. The molecular formula is C20H32N2O4S2. The first kappa shape index (κ1) is 21.7. The first-order valence-electron chi connectivity index (χ1n) is 10.1. The standard InChI is InChI=1S/C20H32N2O4S2/c1-7-22-19(26-28(6,24)25)15(11-21-22)17(23)14-10-12(2)18-16(13(14)3)20(4,5)8-9-27-18/h11-14,16,18H,7-10H2,1-6H3. The molecule has 158 valence electrons. The second kappa shape index (κ2) is 7.67. The molecule has 1 aromatic heterocycles. The fraction of sp³-hybridized carbons (Fsp3) is 0.800. The molecule has 1 aliphatic heterocycles. The first-order chi connectivity index (χ1) is 13.0. The van der Waals surface area contributed by atoms with E-state index < -0.39 is 10.1 Å². The summed E-state index contributed by atoms with van der Waals surface area (Å²) in [7, 11) is -3.74. The molecule has 0 amide bonds. The minimum absolute atomic E-state index is 0.0393. The third kappa shape index (κ3) is 3.99. The van der Waals surface area contributed by atoms with E-state index >= 15 is 0 Å². The number of hydrogen-bond donors (Lipinski definition) is 0. The van der Waals surface area contributed by atoms with Crippen molar-refractivity contribution in [1.82, 2.24) is 9.78 Å². The first-order valence-corrected chi connectivity index (χ1v) is 12.9. The maximum absolute atomic E-state index is 13.5. The molecule has 3 rings (SSSR count). The number of carbonyl (C=O) groups excluding carboxylic acids is 1. The summed E-state index contributed by atoms with van der Waals surface area (Å²) in [5.74, 6) is 2.18. The molecule has 1 aliphatic carbocycles. The van der Waals surface area contributed by atoms with Crippen LogP contribution in [0.3, 0.4) is 0 Å². The molecule has 0 N–H and O–H groups in total. The van der Waals surface area contributed by atoms with E-state index in [4.69, 9.17) is 4.18 Å². The van der Waals surface area contributed by atoms with E-state index in [1.807, 2.05) is 6.92 Å². The van der Waals surface area contributed by atoms with Crippen molar-refractivity contribution >= 4 is 27.7 Å². The fourth-order valence-corrected chi connectivity index (χ4v) is 7.89. The zero-order valence-electron chi connectivity index (χ0n) is 17.6. The molecule has 1 saturated carbocycles. The zero-order chi connectivity index (χ0) is 20.9. The highest BCUT2D eigenvalue weighted by Crippen LogP contribution is 2.56. The van der Waals surface area contributed by atoms with Crippen LogP contribution in [0.1, 0.15) is 57.8 Å². The lowest BCUT2D eigenvalue weighted by Gasteiger charge is -2.54. The minimum atomic E-state index is -3.74. The van der Waals surface area contributed by atoms with Crippen LogP contribution in [0.15, 0.2) is 6.20 Å². The van der Waals surface area contributed by atoms with Crippen molar-refractivity contribution < 1.29 is 17.4 Å². The van der Waals surface area contributed by atoms with Crippen molar-refractivity contribution in [2.75, 3.05) is 12.0 Å². The third-order valence-electron chi connectivity index (χ3n) is 6.62. The molecule has 0 bridgehead atoms. The molecule has 0 aromatic carbocycles. The Labute approximate surface area is 172 Å². The lowest BCUT2D eigenvalue weighted by atomic mass is 9.57. The summed E-state index contributed by atoms with van der Waals surface area (Å²) in [4.78, 5) is 13.5. The van der Waals surface area contributed by atoms with Gasteiger partial charge in [0.05, 0.1) is 12.5 Å². The van der Waals surface area contributed by atoms with Crippen LogP contribution in [-0.4, -0.2) is 41.2 Å². The number of aryl methyl sites for hydroxylation is 1. The Morgan fingerprint density at radius 3 is 2.68 bits per heavy atom. The van der Waals surface area contributed by atoms with Crippen molar-refractivity contribution in [3.63, 3.8) is 0 Å². The Bertz CT molecular complexity index is 846. The number of rotatable bonds is 5. The van der Waals surface area contributed by atoms with E-state index in [0.717, 1.165) is 19.1 Å². The van der Waals surface area contributed by atoms with Gasteiger partial charge in [0, 0.05) is 17.7 Å². The van der Waals surface area contributed by atoms with Crippen LogP contribution in [0.4, 0.5) is 0 Å². The zero-order valence-corrected chi connectivity index (χ0v) is 19.3. The van der Waals surface area contributed by atoms with Gasteiger partial charge in [-0.05, 0) is 48.7 Å². The maximum atomic E-state index is 13.5. The van der Waals surface area contributed by atoms with Gasteiger partial charge in [-0.2, -0.15) is 25.3 Å². The van der Waals surface area contributed by atoms with Crippen molar-refractivity contribution in [3.05, 3.63) is 11.8 Å². The maximum Gasteiger partial charge on any atom is 0.307 e. The molecule has 0 radical (unpaired) electrons. The summed E-state index contributed by atoms with van der Waals surface area (Å²) in [5, 5.41) is 4.77. The van der Waals surface area contributed by atoms with Crippen LogP contribution in [0, 0.1) is 29.1 Å². The Hall–Kier alpha value is -1.02. The van der Waals surface area contributed by atoms with Gasteiger partial charge >= 0.3 is 10.1 Å². The van der Waals surface area contributed by atoms with Crippen molar-refractivity contribution in [2.24, 2.45) is 29.1 Å². The second-order valence-electron chi connectivity index (χ2n) is 9.11. The number of fused-ring (bicyclic) bond motifs is 1. The molecule has 6 nitrogen and oxygen atoms in total. The van der Waals surface area contributed by atoms with E-state index in [1.165, 1.54) is 16.6 Å². The molecular weight excluding hydrogens is 396 g/mol. The highest BCUT2D eigenvalue weighted by molar-refractivity contribution is 8.00. The molecule has 0 spiro atoms. The normalized spacial score (nSPS) is 32.6. The van der Waals surface area contributed by atoms with E-state index in [-0.39, 0.29) is 34.5 Å². The Balaban J connectivity index is 1.96. The van der Waals surface area contributed by atoms with Crippen LogP contribution in [0.5, 0.6) is 5.88 Å². The van der Waals surface area contributed by atoms with Gasteiger partial charge in [0.2, 0.25) is 5.88 Å². The quantitative estimate of drug-likeness (QED) is 0.523. The predicted octanol–water partition coefficient (Wildman–Crippen LogP) is 3.86. The summed E-state index contributed by atoms with van der Waals surface area (Å²) >= 11 is 2.06. The summed E-state index contributed by atoms with van der Waals surface area (Å²) in [6.45, 7) is 11.4. The number of Topliss-reactive ketones (excluding diaryl/α,β-unsaturated/α-hetero) is 1. The molecule has 2 heterocycles. The van der Waals surface area contributed by atoms with Crippen molar-refractivity contribution in [2.45, 2.75) is 59.3 Å². The largest absolute Gasteiger partial charge is 0.361 e. The van der Waals surface area contributed by atoms with Gasteiger partial charge in [-0.1, -0.05) is 27.7 Å². The van der Waals surface area contributed by atoms with Gasteiger partial charge in [0.1, 0.15) is 5.56 Å². The average molecular weight is 429 g/mol. The molecule has 28 heavy (non-hydrogen) atoms. The number of ketones is 1. The molecule has 5 atom stereocenters. The lowest BCUT2D eigenvalue weighted by Crippen LogP contribution is -2.51. The Morgan fingerprint density at radius 1 is 1.39 bits per heavy atom. The monoisotopic (exact) mass is 428 g/mol. The Morgan fingerprint density at radius 2 is 2.07 bits per heavy atom. The predicted molar refractivity (Wildman–Crippen MR) is 112 cm³/mol. The van der Waals surface area contributed by atoms with E-state index in [0.29, 0.717) is 23.6 Å². The Kier molecular flexibility index (Phi) is 5.94. The molecule has 2 fully saturated rings. The van der Waals surface area contributed by atoms with Crippen LogP contribution in [0.25, 0.3) is 0 Å². The van der Waals surface area contributed by atoms with Crippen LogP contribution < -0.4 is 4.18 Å². The topological polar surface area (TPSA) is 78.3 Å². The smallest absolute Gasteiger partial charge is 0.307 e. The van der Waals surface area contributed by atoms with E-state index in [9.17, 15) is 13.2 Å². The number of aromatic nitrogens is 2. The van der Waals surface area contributed by atoms with Gasteiger partial charge in [0.15, 0.2) is 5.78 Å². The molecule has 8 heteroatoms. The summed E-state index contributed by atoms with van der Waals surface area (Å²) in [5.41, 5.74) is 0.485. The number of hydrogen-bond acceptors (Lipinski definition) is 6. The molecule has 5 unspecified atom stereocenters. The summed E-state index contributed by atoms with van der Waals surface area (Å²) in [6.07, 6.45) is 4.44. The molecule has 2 aliphatic rings. The van der Waals surface area contributed by atoms with Crippen molar-refractivity contribution in [3.8, 4) is 5.88 Å². The summed E-state index contributed by atoms with van der Waals surface area (Å²) in [6, 6.07) is 0. The van der Waals surface area contributed by atoms with Gasteiger partial charge in [0.25, 0.3) is 0 Å².